The Balaban J connectivity index is 4.91. The van der Waals surface area contributed by atoms with Gasteiger partial charge in [0, 0.05) is 26.2 Å². The molecule has 0 aromatic rings. The predicted octanol–water partition coefficient (Wildman–Crippen LogP) is 3.39. The molecular weight excluding hydrogens is 306 g/mol. The summed E-state index contributed by atoms with van der Waals surface area (Å²) in [5.74, 6) is 0.212. The maximum atomic E-state index is 6.24. The van der Waals surface area contributed by atoms with Gasteiger partial charge in [0.25, 0.3) is 0 Å². The molecule has 1 unspecified atom stereocenters. The second kappa shape index (κ2) is 10.7. The van der Waals surface area contributed by atoms with Crippen LogP contribution in [-0.4, -0.2) is 56.9 Å². The molecule has 0 amide bonds. The molecule has 0 heterocycles. The van der Waals surface area contributed by atoms with Gasteiger partial charge in [-0.15, -0.1) is 0 Å². The van der Waals surface area contributed by atoms with E-state index in [1.54, 1.807) is 7.11 Å². The summed E-state index contributed by atoms with van der Waals surface area (Å²) >= 11 is 0. The fourth-order valence-electron chi connectivity index (χ4n) is 2.50. The van der Waals surface area contributed by atoms with Gasteiger partial charge in [0.15, 0.2) is 0 Å². The van der Waals surface area contributed by atoms with Gasteiger partial charge in [-0.1, -0.05) is 0 Å². The van der Waals surface area contributed by atoms with E-state index in [4.69, 9.17) is 24.7 Å². The number of methoxy groups -OCH3 is 1. The lowest BCUT2D eigenvalue weighted by Crippen LogP contribution is -2.45. The maximum Gasteiger partial charge on any atom is 0.0855 e. The highest BCUT2D eigenvalue weighted by Gasteiger charge is 2.37. The molecule has 0 saturated heterocycles. The third kappa shape index (κ3) is 9.94. The molecule has 2 N–H and O–H groups in total. The van der Waals surface area contributed by atoms with Crippen LogP contribution in [-0.2, 0) is 18.9 Å². The fourth-order valence-corrected chi connectivity index (χ4v) is 2.50. The van der Waals surface area contributed by atoms with E-state index in [-0.39, 0.29) is 22.7 Å². The van der Waals surface area contributed by atoms with Crippen LogP contribution >= 0.6 is 0 Å². The number of ether oxygens (including phenoxy) is 4. The van der Waals surface area contributed by atoms with E-state index in [0.717, 1.165) is 12.8 Å². The van der Waals surface area contributed by atoms with Gasteiger partial charge in [0.2, 0.25) is 0 Å². The van der Waals surface area contributed by atoms with Crippen LogP contribution in [0.5, 0.6) is 0 Å². The summed E-state index contributed by atoms with van der Waals surface area (Å²) in [6.45, 7) is 17.8. The molecule has 146 valence electrons. The second-order valence-electron chi connectivity index (χ2n) is 8.17. The first-order valence-corrected chi connectivity index (χ1v) is 9.10. The third-order valence-corrected chi connectivity index (χ3v) is 4.41. The molecule has 24 heavy (non-hydrogen) atoms. The zero-order chi connectivity index (χ0) is 18.9. The lowest BCUT2D eigenvalue weighted by Gasteiger charge is -2.40. The molecule has 0 bridgehead atoms. The van der Waals surface area contributed by atoms with Crippen molar-refractivity contribution in [3.05, 3.63) is 0 Å². The highest BCUT2D eigenvalue weighted by Crippen LogP contribution is 2.32. The number of rotatable bonds is 14. The minimum Gasteiger partial charge on any atom is -0.381 e. The Hall–Kier alpha value is -0.200. The van der Waals surface area contributed by atoms with Gasteiger partial charge in [0.05, 0.1) is 30.0 Å². The molecule has 0 aromatic heterocycles. The van der Waals surface area contributed by atoms with E-state index >= 15 is 0 Å². The quantitative estimate of drug-likeness (QED) is 0.488. The summed E-state index contributed by atoms with van der Waals surface area (Å²) in [5.41, 5.74) is 4.68. The SMILES string of the molecule is CCOC(C)(C)CC(COCCCN)C(C)(C)OCC(C)(C)OC. The Morgan fingerprint density at radius 1 is 0.958 bits per heavy atom. The number of nitrogens with two attached hydrogens (primary N) is 1. The average Bonchev–Trinajstić information content (AvgIpc) is 2.48. The molecule has 0 rings (SSSR count). The molecule has 0 aliphatic rings. The van der Waals surface area contributed by atoms with Crippen molar-refractivity contribution in [3.8, 4) is 0 Å². The summed E-state index contributed by atoms with van der Waals surface area (Å²) in [7, 11) is 1.71. The Morgan fingerprint density at radius 3 is 2.08 bits per heavy atom. The van der Waals surface area contributed by atoms with Gasteiger partial charge in [-0.05, 0) is 67.9 Å². The van der Waals surface area contributed by atoms with Crippen molar-refractivity contribution in [2.45, 2.75) is 78.1 Å². The fraction of sp³-hybridized carbons (Fsp3) is 1.00. The second-order valence-corrected chi connectivity index (χ2v) is 8.17. The van der Waals surface area contributed by atoms with Crippen molar-refractivity contribution >= 4 is 0 Å². The molecule has 0 aromatic carbocycles. The monoisotopic (exact) mass is 347 g/mol. The van der Waals surface area contributed by atoms with Crippen LogP contribution in [0, 0.1) is 5.92 Å². The van der Waals surface area contributed by atoms with E-state index in [1.165, 1.54) is 0 Å². The molecular formula is C19H41NO4. The Kier molecular flexibility index (Phi) is 10.6. The van der Waals surface area contributed by atoms with Crippen LogP contribution in [0.15, 0.2) is 0 Å². The minimum absolute atomic E-state index is 0.212. The van der Waals surface area contributed by atoms with Gasteiger partial charge in [0.1, 0.15) is 0 Å². The van der Waals surface area contributed by atoms with Crippen molar-refractivity contribution in [2.75, 3.05) is 40.1 Å². The lowest BCUT2D eigenvalue weighted by atomic mass is 9.82. The van der Waals surface area contributed by atoms with E-state index in [1.807, 2.05) is 20.8 Å². The largest absolute Gasteiger partial charge is 0.381 e. The molecule has 0 aliphatic carbocycles. The zero-order valence-electron chi connectivity index (χ0n) is 17.2. The number of hydrogen-bond acceptors (Lipinski definition) is 5. The lowest BCUT2D eigenvalue weighted by molar-refractivity contribution is -0.151. The average molecular weight is 348 g/mol. The first kappa shape index (κ1) is 23.8. The summed E-state index contributed by atoms with van der Waals surface area (Å²) in [6, 6.07) is 0. The zero-order valence-corrected chi connectivity index (χ0v) is 17.2. The topological polar surface area (TPSA) is 62.9 Å². The summed E-state index contributed by atoms with van der Waals surface area (Å²) in [6.07, 6.45) is 1.74. The van der Waals surface area contributed by atoms with Crippen molar-refractivity contribution in [3.63, 3.8) is 0 Å². The van der Waals surface area contributed by atoms with Crippen LogP contribution in [0.3, 0.4) is 0 Å². The summed E-state index contributed by atoms with van der Waals surface area (Å²) in [4.78, 5) is 0. The maximum absolute atomic E-state index is 6.24. The highest BCUT2D eigenvalue weighted by atomic mass is 16.5. The highest BCUT2D eigenvalue weighted by molar-refractivity contribution is 4.86. The molecule has 0 fully saturated rings. The Morgan fingerprint density at radius 2 is 1.58 bits per heavy atom. The molecule has 0 radical (unpaired) electrons. The molecule has 5 nitrogen and oxygen atoms in total. The van der Waals surface area contributed by atoms with Crippen LogP contribution in [0.4, 0.5) is 0 Å². The molecule has 1 atom stereocenters. The smallest absolute Gasteiger partial charge is 0.0855 e. The van der Waals surface area contributed by atoms with Crippen LogP contribution in [0.2, 0.25) is 0 Å². The van der Waals surface area contributed by atoms with E-state index < -0.39 is 0 Å². The Bertz CT molecular complexity index is 329. The van der Waals surface area contributed by atoms with Crippen LogP contribution < -0.4 is 5.73 Å². The first-order chi connectivity index (χ1) is 11.0. The van der Waals surface area contributed by atoms with E-state index in [2.05, 4.69) is 27.7 Å². The van der Waals surface area contributed by atoms with Gasteiger partial charge >= 0.3 is 0 Å². The van der Waals surface area contributed by atoms with Gasteiger partial charge in [-0.3, -0.25) is 0 Å². The van der Waals surface area contributed by atoms with Crippen LogP contribution in [0.1, 0.15) is 61.3 Å². The van der Waals surface area contributed by atoms with Gasteiger partial charge < -0.3 is 24.7 Å². The summed E-state index contributed by atoms with van der Waals surface area (Å²) in [5, 5.41) is 0. The normalized spacial score (nSPS) is 14.9. The van der Waals surface area contributed by atoms with Crippen molar-refractivity contribution < 1.29 is 18.9 Å². The molecule has 0 saturated carbocycles. The minimum atomic E-state index is -0.340. The molecule has 5 heteroatoms. The van der Waals surface area contributed by atoms with Crippen molar-refractivity contribution in [1.29, 1.82) is 0 Å². The standard InChI is InChI=1S/C19H41NO4/c1-9-23-17(2,3)13-16(14-22-12-10-11-20)19(6,7)24-15-18(4,5)21-8/h16H,9-15,20H2,1-8H3. The first-order valence-electron chi connectivity index (χ1n) is 9.10. The van der Waals surface area contributed by atoms with Gasteiger partial charge in [-0.25, -0.2) is 0 Å². The number of hydrogen-bond donors (Lipinski definition) is 1. The third-order valence-electron chi connectivity index (χ3n) is 4.41. The van der Waals surface area contributed by atoms with Crippen molar-refractivity contribution in [1.82, 2.24) is 0 Å². The van der Waals surface area contributed by atoms with E-state index in [9.17, 15) is 0 Å². The van der Waals surface area contributed by atoms with Crippen LogP contribution in [0.25, 0.3) is 0 Å². The Labute approximate surface area is 149 Å². The predicted molar refractivity (Wildman–Crippen MR) is 99.4 cm³/mol. The molecule has 0 aliphatic heterocycles. The van der Waals surface area contributed by atoms with E-state index in [0.29, 0.717) is 33.0 Å². The van der Waals surface area contributed by atoms with Crippen molar-refractivity contribution in [2.24, 2.45) is 11.7 Å². The molecule has 0 spiro atoms. The van der Waals surface area contributed by atoms with Gasteiger partial charge in [-0.2, -0.15) is 0 Å². The summed E-state index contributed by atoms with van der Waals surface area (Å²) < 4.78 is 23.5.